The smallest absolute Gasteiger partial charge is 0.261 e. The van der Waals surface area contributed by atoms with Gasteiger partial charge in [-0.05, 0) is 42.5 Å². The molecule has 0 radical (unpaired) electrons. The van der Waals surface area contributed by atoms with Crippen LogP contribution in [-0.2, 0) is 10.0 Å². The number of nitrogens with two attached hydrogens (primary N) is 1. The number of halogens is 1. The molecule has 21 heavy (non-hydrogen) atoms. The molecule has 2 rings (SSSR count). The van der Waals surface area contributed by atoms with Crippen LogP contribution in [0.3, 0.4) is 0 Å². The van der Waals surface area contributed by atoms with Gasteiger partial charge in [0.1, 0.15) is 12.4 Å². The maximum absolute atomic E-state index is 12.2. The van der Waals surface area contributed by atoms with Gasteiger partial charge in [0.2, 0.25) is 0 Å². The first kappa shape index (κ1) is 15.6. The van der Waals surface area contributed by atoms with Crippen LogP contribution in [0.5, 0.6) is 5.75 Å². The van der Waals surface area contributed by atoms with Gasteiger partial charge in [-0.25, -0.2) is 8.42 Å². The average Bonchev–Trinajstić information content (AvgIpc) is 2.45. The Bertz CT molecular complexity index is 702. The van der Waals surface area contributed by atoms with Crippen molar-refractivity contribution >= 4 is 27.3 Å². The highest BCUT2D eigenvalue weighted by Crippen LogP contribution is 2.21. The van der Waals surface area contributed by atoms with Crippen LogP contribution >= 0.6 is 11.6 Å². The number of rotatable bonds is 6. The van der Waals surface area contributed by atoms with Gasteiger partial charge in [-0.15, -0.1) is 0 Å². The lowest BCUT2D eigenvalue weighted by Gasteiger charge is -2.09. The van der Waals surface area contributed by atoms with Gasteiger partial charge >= 0.3 is 0 Å². The van der Waals surface area contributed by atoms with Crippen LogP contribution in [0.25, 0.3) is 0 Å². The quantitative estimate of drug-likeness (QED) is 0.854. The number of sulfonamides is 1. The van der Waals surface area contributed by atoms with Crippen molar-refractivity contribution in [2.24, 2.45) is 5.73 Å². The van der Waals surface area contributed by atoms with Crippen LogP contribution in [-0.4, -0.2) is 21.6 Å². The summed E-state index contributed by atoms with van der Waals surface area (Å²) in [5.74, 6) is 0.571. The van der Waals surface area contributed by atoms with Crippen molar-refractivity contribution in [2.45, 2.75) is 4.90 Å². The predicted octanol–water partition coefficient (Wildman–Crippen LogP) is 2.48. The number of hydrogen-bond donors (Lipinski definition) is 2. The first-order chi connectivity index (χ1) is 10.0. The van der Waals surface area contributed by atoms with Gasteiger partial charge in [-0.3, -0.25) is 4.72 Å². The van der Waals surface area contributed by atoms with Crippen molar-refractivity contribution < 1.29 is 13.2 Å². The summed E-state index contributed by atoms with van der Waals surface area (Å²) in [7, 11) is -3.66. The SMILES string of the molecule is NCCOc1ccc(S(=O)(=O)Nc2cccc(Cl)c2)cc1. The van der Waals surface area contributed by atoms with Crippen molar-refractivity contribution in [3.63, 3.8) is 0 Å². The molecule has 112 valence electrons. The Hall–Kier alpha value is -1.76. The topological polar surface area (TPSA) is 81.4 Å². The summed E-state index contributed by atoms with van der Waals surface area (Å²) in [4.78, 5) is 0.141. The second-order valence-electron chi connectivity index (χ2n) is 4.22. The van der Waals surface area contributed by atoms with Crippen LogP contribution in [0, 0.1) is 0 Å². The fourth-order valence-corrected chi connectivity index (χ4v) is 2.90. The van der Waals surface area contributed by atoms with E-state index in [4.69, 9.17) is 22.1 Å². The van der Waals surface area contributed by atoms with Crippen LogP contribution in [0.4, 0.5) is 5.69 Å². The van der Waals surface area contributed by atoms with E-state index in [1.54, 1.807) is 30.3 Å². The zero-order valence-corrected chi connectivity index (χ0v) is 12.7. The third kappa shape index (κ3) is 4.35. The minimum Gasteiger partial charge on any atom is -0.492 e. The molecule has 2 aromatic carbocycles. The molecule has 0 aliphatic carbocycles. The van der Waals surface area contributed by atoms with E-state index in [2.05, 4.69) is 4.72 Å². The Labute approximate surface area is 128 Å². The minimum atomic E-state index is -3.66. The van der Waals surface area contributed by atoms with Gasteiger partial charge in [0.25, 0.3) is 10.0 Å². The van der Waals surface area contributed by atoms with E-state index < -0.39 is 10.0 Å². The summed E-state index contributed by atoms with van der Waals surface area (Å²) in [5.41, 5.74) is 5.74. The normalized spacial score (nSPS) is 11.1. The Kier molecular flexibility index (Phi) is 5.06. The highest BCUT2D eigenvalue weighted by molar-refractivity contribution is 7.92. The van der Waals surface area contributed by atoms with E-state index >= 15 is 0 Å². The lowest BCUT2D eigenvalue weighted by atomic mass is 10.3. The van der Waals surface area contributed by atoms with E-state index in [9.17, 15) is 8.42 Å². The minimum absolute atomic E-state index is 0.141. The molecule has 3 N–H and O–H groups in total. The third-order valence-corrected chi connectivity index (χ3v) is 4.23. The molecule has 0 fully saturated rings. The average molecular weight is 327 g/mol. The van der Waals surface area contributed by atoms with Crippen molar-refractivity contribution in [3.05, 3.63) is 53.6 Å². The van der Waals surface area contributed by atoms with E-state index in [0.29, 0.717) is 29.6 Å². The van der Waals surface area contributed by atoms with Gasteiger partial charge < -0.3 is 10.5 Å². The van der Waals surface area contributed by atoms with Gasteiger partial charge in [-0.1, -0.05) is 17.7 Å². The summed E-state index contributed by atoms with van der Waals surface area (Å²) < 4.78 is 32.2. The number of hydrogen-bond acceptors (Lipinski definition) is 4. The Balaban J connectivity index is 2.15. The van der Waals surface area contributed by atoms with E-state index in [1.807, 2.05) is 0 Å². The first-order valence-electron chi connectivity index (χ1n) is 6.22. The third-order valence-electron chi connectivity index (χ3n) is 2.60. The second-order valence-corrected chi connectivity index (χ2v) is 6.34. The van der Waals surface area contributed by atoms with Crippen LogP contribution in [0.1, 0.15) is 0 Å². The second kappa shape index (κ2) is 6.80. The molecule has 0 saturated heterocycles. The molecule has 2 aromatic rings. The number of anilines is 1. The fraction of sp³-hybridized carbons (Fsp3) is 0.143. The molecule has 0 heterocycles. The fourth-order valence-electron chi connectivity index (χ4n) is 1.66. The van der Waals surface area contributed by atoms with E-state index in [1.165, 1.54) is 18.2 Å². The lowest BCUT2D eigenvalue weighted by molar-refractivity contribution is 0.328. The first-order valence-corrected chi connectivity index (χ1v) is 8.09. The van der Waals surface area contributed by atoms with Gasteiger partial charge in [0.15, 0.2) is 0 Å². The molecule has 7 heteroatoms. The van der Waals surface area contributed by atoms with Crippen molar-refractivity contribution in [3.8, 4) is 5.75 Å². The largest absolute Gasteiger partial charge is 0.492 e. The summed E-state index contributed by atoms with van der Waals surface area (Å²) in [6.45, 7) is 0.781. The Morgan fingerprint density at radius 1 is 1.14 bits per heavy atom. The highest BCUT2D eigenvalue weighted by Gasteiger charge is 2.14. The molecule has 0 unspecified atom stereocenters. The molecular formula is C14H15ClN2O3S. The molecule has 0 atom stereocenters. The van der Waals surface area contributed by atoms with Crippen LogP contribution in [0.2, 0.25) is 5.02 Å². The molecule has 0 aliphatic heterocycles. The molecule has 0 bridgehead atoms. The monoisotopic (exact) mass is 326 g/mol. The highest BCUT2D eigenvalue weighted by atomic mass is 35.5. The standard InChI is InChI=1S/C14H15ClN2O3S/c15-11-2-1-3-12(10-11)17-21(18,19)14-6-4-13(5-7-14)20-9-8-16/h1-7,10,17H,8-9,16H2. The summed E-state index contributed by atoms with van der Waals surface area (Å²) >= 11 is 5.83. The molecule has 0 aliphatic rings. The summed E-state index contributed by atoms with van der Waals surface area (Å²) in [5, 5.41) is 0.459. The van der Waals surface area contributed by atoms with Crippen molar-refractivity contribution in [1.82, 2.24) is 0 Å². The summed E-state index contributed by atoms with van der Waals surface area (Å²) in [6, 6.07) is 12.6. The Morgan fingerprint density at radius 3 is 2.48 bits per heavy atom. The molecule has 5 nitrogen and oxygen atoms in total. The van der Waals surface area contributed by atoms with Gasteiger partial charge in [0.05, 0.1) is 10.6 Å². The number of ether oxygens (including phenoxy) is 1. The molecule has 0 saturated carbocycles. The maximum Gasteiger partial charge on any atom is 0.261 e. The Morgan fingerprint density at radius 2 is 1.86 bits per heavy atom. The molecule has 0 spiro atoms. The maximum atomic E-state index is 12.2. The van der Waals surface area contributed by atoms with Crippen molar-refractivity contribution in [2.75, 3.05) is 17.9 Å². The van der Waals surface area contributed by atoms with Crippen molar-refractivity contribution in [1.29, 1.82) is 0 Å². The van der Waals surface area contributed by atoms with Crippen LogP contribution < -0.4 is 15.2 Å². The zero-order chi connectivity index (χ0) is 15.3. The number of benzene rings is 2. The summed E-state index contributed by atoms with van der Waals surface area (Å²) in [6.07, 6.45) is 0. The molecular weight excluding hydrogens is 312 g/mol. The molecule has 0 aromatic heterocycles. The predicted molar refractivity (Wildman–Crippen MR) is 83.3 cm³/mol. The zero-order valence-electron chi connectivity index (χ0n) is 11.1. The van der Waals surface area contributed by atoms with Gasteiger partial charge in [0, 0.05) is 11.6 Å². The van der Waals surface area contributed by atoms with Crippen LogP contribution in [0.15, 0.2) is 53.4 Å². The van der Waals surface area contributed by atoms with E-state index in [-0.39, 0.29) is 4.90 Å². The van der Waals surface area contributed by atoms with E-state index in [0.717, 1.165) is 0 Å². The van der Waals surface area contributed by atoms with Gasteiger partial charge in [-0.2, -0.15) is 0 Å². The lowest BCUT2D eigenvalue weighted by Crippen LogP contribution is -2.13. The molecule has 0 amide bonds. The number of nitrogens with one attached hydrogen (secondary N) is 1.